The Labute approximate surface area is 99.1 Å². The van der Waals surface area contributed by atoms with Crippen molar-refractivity contribution < 1.29 is 36.7 Å². The smallest absolute Gasteiger partial charge is 0.411 e. The predicted molar refractivity (Wildman–Crippen MR) is 50.4 cm³/mol. The molecule has 0 radical (unpaired) electrons. The van der Waals surface area contributed by atoms with Gasteiger partial charge in [0, 0.05) is 11.8 Å². The van der Waals surface area contributed by atoms with Crippen LogP contribution in [-0.4, -0.2) is 34.0 Å². The van der Waals surface area contributed by atoms with E-state index >= 15 is 0 Å². The quantitative estimate of drug-likeness (QED) is 0.353. The second-order valence-electron chi connectivity index (χ2n) is 4.83. The normalized spacial score (nSPS) is 16.0. The Morgan fingerprint density at radius 3 is 1.44 bits per heavy atom. The van der Waals surface area contributed by atoms with Gasteiger partial charge in [-0.1, -0.05) is 25.9 Å². The van der Waals surface area contributed by atoms with E-state index in [2.05, 4.69) is 5.16 Å². The molecule has 0 rings (SSSR count). The Morgan fingerprint density at radius 2 is 1.28 bits per heavy atom. The summed E-state index contributed by atoms with van der Waals surface area (Å²) in [6.45, 7) is 3.78. The van der Waals surface area contributed by atoms with Crippen LogP contribution < -0.4 is 0 Å². The number of nitrogens with zero attached hydrogens (tertiary/aromatic N) is 1. The zero-order valence-electron chi connectivity index (χ0n) is 9.82. The van der Waals surface area contributed by atoms with E-state index in [9.17, 15) is 26.3 Å². The van der Waals surface area contributed by atoms with Crippen molar-refractivity contribution >= 4 is 5.71 Å². The first kappa shape index (κ1) is 17.0. The fourth-order valence-corrected chi connectivity index (χ4v) is 1.05. The maximum absolute atomic E-state index is 12.4. The number of alkyl halides is 6. The van der Waals surface area contributed by atoms with Crippen molar-refractivity contribution in [1.29, 1.82) is 0 Å². The van der Waals surface area contributed by atoms with Crippen molar-refractivity contribution in [2.24, 2.45) is 10.6 Å². The Hall–Kier alpha value is -0.990. The van der Waals surface area contributed by atoms with E-state index in [-0.39, 0.29) is 0 Å². The van der Waals surface area contributed by atoms with Crippen LogP contribution in [0.5, 0.6) is 0 Å². The number of aliphatic hydroxyl groups is 1. The average molecular weight is 281 g/mol. The molecular weight excluding hydrogens is 268 g/mol. The summed E-state index contributed by atoms with van der Waals surface area (Å²) in [5, 5.41) is 19.8. The van der Waals surface area contributed by atoms with Crippen LogP contribution >= 0.6 is 0 Å². The van der Waals surface area contributed by atoms with Gasteiger partial charge in [-0.25, -0.2) is 0 Å². The number of rotatable bonds is 2. The Bertz CT molecular complexity index is 311. The summed E-state index contributed by atoms with van der Waals surface area (Å²) in [4.78, 5) is 0. The SMILES string of the molecule is CC(C)(C)/C(CC(O)(C(F)(F)F)C(F)(F)F)=N/O. The predicted octanol–water partition coefficient (Wildman–Crippen LogP) is 3.11. The number of hydrogen-bond donors (Lipinski definition) is 2. The third-order valence-electron chi connectivity index (χ3n) is 2.35. The standard InChI is InChI=1S/C9H13F6NO2/c1-6(2,3)5(16-18)4-7(17,8(10,11)12)9(13,14)15/h17-18H,4H2,1-3H3/b16-5+. The van der Waals surface area contributed by atoms with Gasteiger partial charge in [-0.05, 0) is 0 Å². The monoisotopic (exact) mass is 281 g/mol. The van der Waals surface area contributed by atoms with Crippen LogP contribution in [0.2, 0.25) is 0 Å². The van der Waals surface area contributed by atoms with E-state index in [0.29, 0.717) is 0 Å². The first-order chi connectivity index (χ1) is 7.67. The minimum Gasteiger partial charge on any atom is -0.411 e. The van der Waals surface area contributed by atoms with Crippen LogP contribution in [0.1, 0.15) is 27.2 Å². The van der Waals surface area contributed by atoms with Crippen LogP contribution in [0.4, 0.5) is 26.3 Å². The Kier molecular flexibility index (Phi) is 4.34. The summed E-state index contributed by atoms with van der Waals surface area (Å²) in [6, 6.07) is 0. The molecule has 9 heteroatoms. The average Bonchev–Trinajstić information content (AvgIpc) is 2.07. The third kappa shape index (κ3) is 3.27. The zero-order chi connectivity index (χ0) is 15.0. The van der Waals surface area contributed by atoms with Gasteiger partial charge in [-0.3, -0.25) is 0 Å². The van der Waals surface area contributed by atoms with Crippen molar-refractivity contribution in [2.45, 2.75) is 45.1 Å². The van der Waals surface area contributed by atoms with Crippen LogP contribution in [0.3, 0.4) is 0 Å². The van der Waals surface area contributed by atoms with Crippen LogP contribution in [0, 0.1) is 5.41 Å². The third-order valence-corrected chi connectivity index (χ3v) is 2.35. The molecule has 0 spiro atoms. The minimum absolute atomic E-state index is 0.806. The largest absolute Gasteiger partial charge is 0.426 e. The lowest BCUT2D eigenvalue weighted by molar-refractivity contribution is -0.365. The number of oxime groups is 1. The van der Waals surface area contributed by atoms with Gasteiger partial charge in [0.15, 0.2) is 0 Å². The molecule has 0 heterocycles. The molecule has 0 amide bonds. The lowest BCUT2D eigenvalue weighted by Crippen LogP contribution is -2.58. The highest BCUT2D eigenvalue weighted by Crippen LogP contribution is 2.46. The van der Waals surface area contributed by atoms with Crippen LogP contribution in [0.15, 0.2) is 5.16 Å². The molecule has 0 bridgehead atoms. The van der Waals surface area contributed by atoms with Crippen molar-refractivity contribution in [3.8, 4) is 0 Å². The molecule has 0 saturated carbocycles. The molecule has 0 aromatic carbocycles. The zero-order valence-corrected chi connectivity index (χ0v) is 9.82. The molecule has 2 N–H and O–H groups in total. The molecule has 0 aromatic heterocycles. The topological polar surface area (TPSA) is 52.8 Å². The van der Waals surface area contributed by atoms with Crippen LogP contribution in [-0.2, 0) is 0 Å². The highest BCUT2D eigenvalue weighted by molar-refractivity contribution is 5.89. The molecule has 0 aliphatic rings. The van der Waals surface area contributed by atoms with E-state index in [4.69, 9.17) is 10.3 Å². The maximum Gasteiger partial charge on any atom is 0.426 e. The number of hydrogen-bond acceptors (Lipinski definition) is 3. The maximum atomic E-state index is 12.4. The second-order valence-corrected chi connectivity index (χ2v) is 4.83. The molecular formula is C9H13F6NO2. The van der Waals surface area contributed by atoms with Crippen molar-refractivity contribution in [2.75, 3.05) is 0 Å². The number of halogens is 6. The summed E-state index contributed by atoms with van der Waals surface area (Å²) in [5.41, 5.74) is -6.99. The first-order valence-corrected chi connectivity index (χ1v) is 4.74. The lowest BCUT2D eigenvalue weighted by atomic mass is 9.82. The molecule has 0 unspecified atom stereocenters. The van der Waals surface area contributed by atoms with E-state index in [1.165, 1.54) is 20.8 Å². The summed E-state index contributed by atoms with van der Waals surface area (Å²) in [7, 11) is 0. The molecule has 3 nitrogen and oxygen atoms in total. The molecule has 0 aliphatic carbocycles. The van der Waals surface area contributed by atoms with Crippen LogP contribution in [0.25, 0.3) is 0 Å². The molecule has 0 aliphatic heterocycles. The van der Waals surface area contributed by atoms with Crippen molar-refractivity contribution in [1.82, 2.24) is 0 Å². The highest BCUT2D eigenvalue weighted by Gasteiger charge is 2.70. The second kappa shape index (κ2) is 4.60. The van der Waals surface area contributed by atoms with E-state index < -0.39 is 35.5 Å². The molecule has 108 valence electrons. The van der Waals surface area contributed by atoms with Gasteiger partial charge in [0.05, 0.1) is 5.71 Å². The molecule has 0 saturated heterocycles. The van der Waals surface area contributed by atoms with Gasteiger partial charge < -0.3 is 10.3 Å². The van der Waals surface area contributed by atoms with Gasteiger partial charge in [0.1, 0.15) is 0 Å². The highest BCUT2D eigenvalue weighted by atomic mass is 19.4. The Balaban J connectivity index is 5.57. The summed E-state index contributed by atoms with van der Waals surface area (Å²) in [5.74, 6) is 0. The molecule has 0 aromatic rings. The Morgan fingerprint density at radius 1 is 0.944 bits per heavy atom. The minimum atomic E-state index is -5.92. The van der Waals surface area contributed by atoms with E-state index in [1.54, 1.807) is 0 Å². The lowest BCUT2D eigenvalue weighted by Gasteiger charge is -2.34. The summed E-state index contributed by atoms with van der Waals surface area (Å²) in [6.07, 6.45) is -13.7. The molecule has 0 atom stereocenters. The summed E-state index contributed by atoms with van der Waals surface area (Å²) < 4.78 is 74.3. The molecule has 0 fully saturated rings. The fourth-order valence-electron chi connectivity index (χ4n) is 1.05. The van der Waals surface area contributed by atoms with Gasteiger partial charge in [-0.2, -0.15) is 26.3 Å². The molecule has 18 heavy (non-hydrogen) atoms. The van der Waals surface area contributed by atoms with Crippen molar-refractivity contribution in [3.05, 3.63) is 0 Å². The van der Waals surface area contributed by atoms with E-state index in [1.807, 2.05) is 0 Å². The first-order valence-electron chi connectivity index (χ1n) is 4.74. The van der Waals surface area contributed by atoms with E-state index in [0.717, 1.165) is 0 Å². The van der Waals surface area contributed by atoms with Gasteiger partial charge in [0.25, 0.3) is 5.60 Å². The van der Waals surface area contributed by atoms with Crippen molar-refractivity contribution in [3.63, 3.8) is 0 Å². The van der Waals surface area contributed by atoms with Gasteiger partial charge in [0.2, 0.25) is 0 Å². The fraction of sp³-hybridized carbons (Fsp3) is 0.889. The van der Waals surface area contributed by atoms with Gasteiger partial charge in [-0.15, -0.1) is 0 Å². The van der Waals surface area contributed by atoms with Gasteiger partial charge >= 0.3 is 12.4 Å². The summed E-state index contributed by atoms with van der Waals surface area (Å²) >= 11 is 0.